The van der Waals surface area contributed by atoms with Gasteiger partial charge in [-0.2, -0.15) is 0 Å². The molecule has 214 valence electrons. The van der Waals surface area contributed by atoms with Crippen LogP contribution in [0.25, 0.3) is 11.3 Å². The van der Waals surface area contributed by atoms with Gasteiger partial charge >= 0.3 is 12.1 Å². The van der Waals surface area contributed by atoms with E-state index in [4.69, 9.17) is 10.7 Å². The molecule has 9 nitrogen and oxygen atoms in total. The Morgan fingerprint density at radius 2 is 1.57 bits per heavy atom. The lowest BCUT2D eigenvalue weighted by atomic mass is 9.84. The van der Waals surface area contributed by atoms with E-state index in [9.17, 15) is 14.7 Å². The van der Waals surface area contributed by atoms with Crippen molar-refractivity contribution in [2.75, 3.05) is 39.3 Å². The van der Waals surface area contributed by atoms with Gasteiger partial charge in [0.25, 0.3) is 0 Å². The number of aromatic nitrogens is 2. The molecule has 3 aromatic rings. The van der Waals surface area contributed by atoms with Gasteiger partial charge in [-0.3, -0.25) is 0 Å². The van der Waals surface area contributed by atoms with Crippen LogP contribution in [0.1, 0.15) is 38.2 Å². The van der Waals surface area contributed by atoms with E-state index in [0.29, 0.717) is 12.4 Å². The second-order valence-electron chi connectivity index (χ2n) is 11.3. The fourth-order valence-electron chi connectivity index (χ4n) is 5.15. The van der Waals surface area contributed by atoms with Crippen molar-refractivity contribution in [3.8, 4) is 11.3 Å². The minimum atomic E-state index is -1.43. The number of nitrogens with zero attached hydrogens (tertiary/aromatic N) is 5. The minimum Gasteiger partial charge on any atom is -0.465 e. The van der Waals surface area contributed by atoms with Crippen molar-refractivity contribution in [2.24, 2.45) is 11.1 Å². The van der Waals surface area contributed by atoms with E-state index in [0.717, 1.165) is 16.8 Å². The van der Waals surface area contributed by atoms with Crippen molar-refractivity contribution in [1.82, 2.24) is 24.3 Å². The number of carbonyl (C=O) groups excluding carboxylic acids is 1. The first kappa shape index (κ1) is 29.1. The van der Waals surface area contributed by atoms with Gasteiger partial charge in [0, 0.05) is 51.0 Å². The van der Waals surface area contributed by atoms with Crippen LogP contribution in [-0.4, -0.2) is 86.9 Å². The highest BCUT2D eigenvalue weighted by atomic mass is 19.1. The Balaban J connectivity index is 1.79. The van der Waals surface area contributed by atoms with Gasteiger partial charge in [-0.25, -0.2) is 19.0 Å². The van der Waals surface area contributed by atoms with E-state index >= 15 is 4.39 Å². The van der Waals surface area contributed by atoms with Crippen molar-refractivity contribution in [3.05, 3.63) is 78.2 Å². The van der Waals surface area contributed by atoms with Gasteiger partial charge < -0.3 is 30.1 Å². The summed E-state index contributed by atoms with van der Waals surface area (Å²) in [4.78, 5) is 35.0. The van der Waals surface area contributed by atoms with Crippen LogP contribution in [0.3, 0.4) is 0 Å². The first-order valence-electron chi connectivity index (χ1n) is 13.6. The van der Waals surface area contributed by atoms with E-state index in [1.807, 2.05) is 92.2 Å². The zero-order valence-corrected chi connectivity index (χ0v) is 23.4. The van der Waals surface area contributed by atoms with Crippen LogP contribution in [0, 0.1) is 5.41 Å². The summed E-state index contributed by atoms with van der Waals surface area (Å²) >= 11 is 0. The van der Waals surface area contributed by atoms with Gasteiger partial charge in [0.05, 0.1) is 18.3 Å². The predicted molar refractivity (Wildman–Crippen MR) is 153 cm³/mol. The summed E-state index contributed by atoms with van der Waals surface area (Å²) in [6.45, 7) is 7.00. The van der Waals surface area contributed by atoms with E-state index in [1.54, 1.807) is 9.80 Å². The van der Waals surface area contributed by atoms with Crippen LogP contribution in [0.5, 0.6) is 0 Å². The number of urea groups is 1. The zero-order valence-electron chi connectivity index (χ0n) is 23.4. The number of imidazole rings is 1. The normalized spacial score (nSPS) is 15.5. The summed E-state index contributed by atoms with van der Waals surface area (Å²) < 4.78 is 17.1. The largest absolute Gasteiger partial charge is 0.465 e. The maximum absolute atomic E-state index is 15.0. The van der Waals surface area contributed by atoms with Crippen LogP contribution in [0.2, 0.25) is 0 Å². The summed E-state index contributed by atoms with van der Waals surface area (Å²) in [5, 5.41) is 9.35. The highest BCUT2D eigenvalue weighted by molar-refractivity contribution is 5.76. The summed E-state index contributed by atoms with van der Waals surface area (Å²) in [5.41, 5.74) is 7.94. The second-order valence-corrected chi connectivity index (χ2v) is 11.3. The third-order valence-corrected chi connectivity index (χ3v) is 7.17. The number of carboxylic acid groups (broad SMARTS) is 1. The molecular weight excluding hydrogens is 511 g/mol. The number of alkyl halides is 1. The molecule has 2 heterocycles. The highest BCUT2D eigenvalue weighted by Gasteiger charge is 2.41. The Labute approximate surface area is 235 Å². The molecule has 1 fully saturated rings. The molecule has 0 spiro atoms. The number of carbonyl (C=O) groups is 2. The molecule has 1 aliphatic heterocycles. The van der Waals surface area contributed by atoms with Crippen molar-refractivity contribution < 1.29 is 19.1 Å². The summed E-state index contributed by atoms with van der Waals surface area (Å²) in [6.07, 6.45) is -0.458. The van der Waals surface area contributed by atoms with Gasteiger partial charge in [-0.15, -0.1) is 0 Å². The number of nitrogens with two attached hydrogens (primary N) is 1. The van der Waals surface area contributed by atoms with Crippen molar-refractivity contribution >= 4 is 12.1 Å². The first-order valence-corrected chi connectivity index (χ1v) is 13.6. The monoisotopic (exact) mass is 550 g/mol. The van der Waals surface area contributed by atoms with Crippen molar-refractivity contribution in [2.45, 2.75) is 39.5 Å². The number of halogens is 1. The molecule has 2 aromatic carbocycles. The molecule has 1 saturated heterocycles. The molecule has 3 N–H and O–H groups in total. The van der Waals surface area contributed by atoms with Gasteiger partial charge in [-0.1, -0.05) is 81.4 Å². The van der Waals surface area contributed by atoms with E-state index in [2.05, 4.69) is 0 Å². The third-order valence-electron chi connectivity index (χ3n) is 7.17. The molecule has 2 atom stereocenters. The summed E-state index contributed by atoms with van der Waals surface area (Å²) in [6, 6.07) is 18.9. The molecule has 1 aromatic heterocycles. The number of piperazine rings is 1. The van der Waals surface area contributed by atoms with Gasteiger partial charge in [-0.05, 0) is 11.0 Å². The van der Waals surface area contributed by atoms with Gasteiger partial charge in [0.2, 0.25) is 0 Å². The Hall–Kier alpha value is -3.92. The van der Waals surface area contributed by atoms with Crippen LogP contribution in [-0.2, 0) is 6.54 Å². The molecule has 1 aliphatic rings. The van der Waals surface area contributed by atoms with Gasteiger partial charge in [0.15, 0.2) is 0 Å². The number of benzene rings is 2. The molecule has 3 amide bonds. The standard InChI is InChI=1S/C30H39FN6O3/c1-30(2,3)26(37(20-24(31)18-32)28(38)34-14-16-35(17-15-34)29(39)40)27-33-25(23-12-8-5-9-13-23)21-36(27)19-22-10-6-4-7-11-22/h4-13,21,24,26H,14-20,32H2,1-3H3,(H,39,40)/t24-,26-/m0/s1. The summed E-state index contributed by atoms with van der Waals surface area (Å²) in [5.74, 6) is 0.650. The average molecular weight is 551 g/mol. The number of hydrogen-bond donors (Lipinski definition) is 2. The Morgan fingerprint density at radius 1 is 1.00 bits per heavy atom. The SMILES string of the molecule is CC(C)(C)[C@H](c1nc(-c2ccccc2)cn1Cc1ccccc1)N(C[C@@H](F)CN)C(=O)N1CCN(C(=O)O)CC1. The van der Waals surface area contributed by atoms with Crippen molar-refractivity contribution in [3.63, 3.8) is 0 Å². The molecule has 40 heavy (non-hydrogen) atoms. The molecule has 0 radical (unpaired) electrons. The van der Waals surface area contributed by atoms with E-state index < -0.39 is 23.7 Å². The molecule has 0 aliphatic carbocycles. The lowest BCUT2D eigenvalue weighted by Gasteiger charge is -2.44. The minimum absolute atomic E-state index is 0.199. The fraction of sp³-hybridized carbons (Fsp3) is 0.433. The van der Waals surface area contributed by atoms with Crippen LogP contribution < -0.4 is 5.73 Å². The molecule has 10 heteroatoms. The summed E-state index contributed by atoms with van der Waals surface area (Å²) in [7, 11) is 0. The number of rotatable bonds is 8. The quantitative estimate of drug-likeness (QED) is 0.423. The lowest BCUT2D eigenvalue weighted by Crippen LogP contribution is -2.56. The topological polar surface area (TPSA) is 108 Å². The Bertz CT molecular complexity index is 1270. The van der Waals surface area contributed by atoms with E-state index in [-0.39, 0.29) is 45.3 Å². The van der Waals surface area contributed by atoms with E-state index in [1.165, 1.54) is 4.90 Å². The lowest BCUT2D eigenvalue weighted by molar-refractivity contribution is 0.0549. The maximum atomic E-state index is 15.0. The molecular formula is C30H39FN6O3. The van der Waals surface area contributed by atoms with Crippen LogP contribution in [0.15, 0.2) is 66.9 Å². The Morgan fingerprint density at radius 3 is 2.12 bits per heavy atom. The average Bonchev–Trinajstić information content (AvgIpc) is 3.35. The molecule has 4 rings (SSSR count). The highest BCUT2D eigenvalue weighted by Crippen LogP contribution is 2.40. The molecule has 0 bridgehead atoms. The zero-order chi connectivity index (χ0) is 28.9. The third kappa shape index (κ3) is 6.80. The Kier molecular flexibility index (Phi) is 9.09. The smallest absolute Gasteiger partial charge is 0.407 e. The fourth-order valence-corrected chi connectivity index (χ4v) is 5.15. The second kappa shape index (κ2) is 12.5. The predicted octanol–water partition coefficient (Wildman–Crippen LogP) is 4.70. The number of amides is 3. The van der Waals surface area contributed by atoms with Gasteiger partial charge in [0.1, 0.15) is 12.0 Å². The maximum Gasteiger partial charge on any atom is 0.407 e. The molecule has 0 unspecified atom stereocenters. The van der Waals surface area contributed by atoms with Crippen LogP contribution >= 0.6 is 0 Å². The van der Waals surface area contributed by atoms with Crippen molar-refractivity contribution in [1.29, 1.82) is 0 Å². The van der Waals surface area contributed by atoms with Crippen LogP contribution in [0.4, 0.5) is 14.0 Å². The molecule has 0 saturated carbocycles. The first-order chi connectivity index (χ1) is 19.1. The number of hydrogen-bond acceptors (Lipinski definition) is 4.